The van der Waals surface area contributed by atoms with Crippen LogP contribution in [-0.4, -0.2) is 58.1 Å². The lowest BCUT2D eigenvalue weighted by atomic mass is 9.56. The van der Waals surface area contributed by atoms with Crippen molar-refractivity contribution in [1.29, 1.82) is 0 Å². The Labute approximate surface area is 188 Å². The summed E-state index contributed by atoms with van der Waals surface area (Å²) in [5, 5.41) is 22.7. The highest BCUT2D eigenvalue weighted by Crippen LogP contribution is 2.53. The average Bonchev–Trinajstić information content (AvgIpc) is 2.90. The van der Waals surface area contributed by atoms with E-state index in [1.165, 1.54) is 13.8 Å². The Balaban J connectivity index is 2.29. The number of rotatable bonds is 2. The average molecular weight is 451 g/mol. The molecule has 0 amide bonds. The number of esters is 3. The van der Waals surface area contributed by atoms with Gasteiger partial charge in [0.15, 0.2) is 11.7 Å². The number of carbonyl (C=O) groups is 3. The van der Waals surface area contributed by atoms with E-state index in [4.69, 9.17) is 14.2 Å². The zero-order valence-corrected chi connectivity index (χ0v) is 19.5. The van der Waals surface area contributed by atoms with Crippen LogP contribution in [0.2, 0.25) is 0 Å². The first kappa shape index (κ1) is 24.5. The monoisotopic (exact) mass is 450 g/mol. The van der Waals surface area contributed by atoms with E-state index in [9.17, 15) is 24.6 Å². The van der Waals surface area contributed by atoms with Gasteiger partial charge in [0.2, 0.25) is 0 Å². The highest BCUT2D eigenvalue weighted by molar-refractivity contribution is 5.77. The van der Waals surface area contributed by atoms with Gasteiger partial charge in [-0.25, -0.2) is 0 Å². The Hall–Kier alpha value is -2.19. The van der Waals surface area contributed by atoms with Crippen molar-refractivity contribution in [2.45, 2.75) is 84.4 Å². The molecule has 2 N–H and O–H groups in total. The lowest BCUT2D eigenvalue weighted by Gasteiger charge is -2.53. The second kappa shape index (κ2) is 8.63. The molecule has 0 aromatic carbocycles. The maximum Gasteiger partial charge on any atom is 0.312 e. The van der Waals surface area contributed by atoms with Gasteiger partial charge < -0.3 is 24.4 Å². The van der Waals surface area contributed by atoms with Crippen LogP contribution >= 0.6 is 0 Å². The van der Waals surface area contributed by atoms with Crippen LogP contribution in [0, 0.1) is 23.2 Å². The second-order valence-corrected chi connectivity index (χ2v) is 9.75. The van der Waals surface area contributed by atoms with Crippen LogP contribution in [0.25, 0.3) is 0 Å². The molecular weight excluding hydrogens is 416 g/mol. The second-order valence-electron chi connectivity index (χ2n) is 9.75. The fraction of sp³-hybridized carbons (Fsp3) is 0.708. The van der Waals surface area contributed by atoms with E-state index in [0.29, 0.717) is 12.8 Å². The normalized spacial score (nSPS) is 43.9. The summed E-state index contributed by atoms with van der Waals surface area (Å²) in [7, 11) is 0. The molecule has 0 aromatic heterocycles. The highest BCUT2D eigenvalue weighted by atomic mass is 16.6. The number of allylic oxidation sites excluding steroid dienone is 1. The number of fused-ring (bicyclic) bond motifs is 2. The van der Waals surface area contributed by atoms with Crippen molar-refractivity contribution in [1.82, 2.24) is 0 Å². The molecule has 9 unspecified atom stereocenters. The van der Waals surface area contributed by atoms with Crippen LogP contribution in [0.15, 0.2) is 23.8 Å². The number of carbonyl (C=O) groups excluding carboxylic acids is 3. The molecular formula is C24H34O8. The molecule has 1 saturated heterocycles. The molecule has 8 nitrogen and oxygen atoms in total. The largest absolute Gasteiger partial charge is 0.462 e. The van der Waals surface area contributed by atoms with Gasteiger partial charge in [-0.05, 0) is 38.7 Å². The fourth-order valence-corrected chi connectivity index (χ4v) is 5.66. The van der Waals surface area contributed by atoms with Gasteiger partial charge >= 0.3 is 17.9 Å². The topological polar surface area (TPSA) is 119 Å². The van der Waals surface area contributed by atoms with E-state index in [-0.39, 0.29) is 0 Å². The molecule has 0 saturated carbocycles. The molecule has 0 spiro atoms. The van der Waals surface area contributed by atoms with Gasteiger partial charge in [0.25, 0.3) is 0 Å². The maximum atomic E-state index is 12.6. The summed E-state index contributed by atoms with van der Waals surface area (Å²) < 4.78 is 17.1. The molecule has 1 heterocycles. The zero-order valence-electron chi connectivity index (χ0n) is 19.5. The molecule has 3 aliphatic rings. The van der Waals surface area contributed by atoms with Crippen LogP contribution in [0.3, 0.4) is 0 Å². The van der Waals surface area contributed by atoms with Crippen LogP contribution in [0.5, 0.6) is 0 Å². The van der Waals surface area contributed by atoms with Crippen LogP contribution in [-0.2, 0) is 28.6 Å². The predicted octanol–water partition coefficient (Wildman–Crippen LogP) is 2.07. The number of aliphatic hydroxyl groups excluding tert-OH is 1. The van der Waals surface area contributed by atoms with Gasteiger partial charge in [0, 0.05) is 25.2 Å². The molecule has 1 aliphatic heterocycles. The summed E-state index contributed by atoms with van der Waals surface area (Å²) in [5.74, 6) is -3.80. The van der Waals surface area contributed by atoms with E-state index in [1.807, 2.05) is 13.8 Å². The summed E-state index contributed by atoms with van der Waals surface area (Å²) in [6.07, 6.45) is 2.44. The summed E-state index contributed by atoms with van der Waals surface area (Å²) in [6, 6.07) is 0. The molecule has 0 aromatic rings. The van der Waals surface area contributed by atoms with Crippen LogP contribution in [0.1, 0.15) is 54.4 Å². The Morgan fingerprint density at radius 2 is 1.81 bits per heavy atom. The van der Waals surface area contributed by atoms with E-state index < -0.39 is 71.1 Å². The Morgan fingerprint density at radius 1 is 1.19 bits per heavy atom. The summed E-state index contributed by atoms with van der Waals surface area (Å²) in [5.41, 5.74) is -1.91. The predicted molar refractivity (Wildman–Crippen MR) is 114 cm³/mol. The number of ether oxygens (including phenoxy) is 3. The third-order valence-corrected chi connectivity index (χ3v) is 7.54. The van der Waals surface area contributed by atoms with Gasteiger partial charge in [-0.1, -0.05) is 31.6 Å². The Bertz CT molecular complexity index is 847. The van der Waals surface area contributed by atoms with E-state index in [1.54, 1.807) is 32.1 Å². The van der Waals surface area contributed by atoms with Crippen molar-refractivity contribution in [3.05, 3.63) is 23.8 Å². The number of aliphatic hydroxyl groups is 2. The Kier molecular flexibility index (Phi) is 6.60. The zero-order chi connectivity index (χ0) is 24.0. The quantitative estimate of drug-likeness (QED) is 0.373. The minimum Gasteiger partial charge on any atom is -0.462 e. The molecule has 178 valence electrons. The third kappa shape index (κ3) is 3.99. The summed E-state index contributed by atoms with van der Waals surface area (Å²) in [6.45, 7) is 9.65. The minimum atomic E-state index is -1.87. The highest BCUT2D eigenvalue weighted by Gasteiger charge is 2.65. The van der Waals surface area contributed by atoms with Crippen LogP contribution < -0.4 is 0 Å². The van der Waals surface area contributed by atoms with Crippen LogP contribution in [0.4, 0.5) is 0 Å². The molecule has 3 rings (SSSR count). The first-order valence-corrected chi connectivity index (χ1v) is 11.1. The molecule has 9 atom stereocenters. The van der Waals surface area contributed by atoms with E-state index in [2.05, 4.69) is 0 Å². The van der Waals surface area contributed by atoms with Gasteiger partial charge in [0.05, 0.1) is 12.0 Å². The van der Waals surface area contributed by atoms with Gasteiger partial charge in [-0.15, -0.1) is 0 Å². The van der Waals surface area contributed by atoms with Gasteiger partial charge in [0.1, 0.15) is 12.2 Å². The lowest BCUT2D eigenvalue weighted by molar-refractivity contribution is -0.209. The van der Waals surface area contributed by atoms with Gasteiger partial charge in [-0.3, -0.25) is 14.4 Å². The Morgan fingerprint density at radius 3 is 2.41 bits per heavy atom. The summed E-state index contributed by atoms with van der Waals surface area (Å²) in [4.78, 5) is 36.8. The molecule has 2 aliphatic carbocycles. The van der Waals surface area contributed by atoms with Crippen molar-refractivity contribution < 1.29 is 38.8 Å². The van der Waals surface area contributed by atoms with Crippen molar-refractivity contribution >= 4 is 17.9 Å². The molecule has 0 bridgehead atoms. The van der Waals surface area contributed by atoms with Crippen molar-refractivity contribution in [3.63, 3.8) is 0 Å². The number of hydrogen-bond donors (Lipinski definition) is 2. The maximum absolute atomic E-state index is 12.6. The molecule has 0 radical (unpaired) electrons. The van der Waals surface area contributed by atoms with Gasteiger partial charge in [-0.2, -0.15) is 0 Å². The SMILES string of the molecule is CC(=O)OC1CCC(C)=CC2OC(=O)C(C)C2(O)C(OC(C)=O)C2C(C)C(O)C=CC12C. The van der Waals surface area contributed by atoms with Crippen molar-refractivity contribution in [2.75, 3.05) is 0 Å². The first-order valence-electron chi connectivity index (χ1n) is 11.1. The lowest BCUT2D eigenvalue weighted by Crippen LogP contribution is -2.64. The van der Waals surface area contributed by atoms with E-state index in [0.717, 1.165) is 5.57 Å². The van der Waals surface area contributed by atoms with Crippen molar-refractivity contribution in [3.8, 4) is 0 Å². The molecule has 8 heteroatoms. The first-order chi connectivity index (χ1) is 14.8. The van der Waals surface area contributed by atoms with Crippen molar-refractivity contribution in [2.24, 2.45) is 23.2 Å². The summed E-state index contributed by atoms with van der Waals surface area (Å²) >= 11 is 0. The third-order valence-electron chi connectivity index (χ3n) is 7.54. The van der Waals surface area contributed by atoms with E-state index >= 15 is 0 Å². The smallest absolute Gasteiger partial charge is 0.312 e. The fourth-order valence-electron chi connectivity index (χ4n) is 5.66. The molecule has 1 fully saturated rings. The molecule has 32 heavy (non-hydrogen) atoms. The minimum absolute atomic E-state index is 0.450. The standard InChI is InChI=1S/C24H34O8/c1-12-7-8-18(30-15(4)25)23(6)10-9-17(27)13(2)20(23)21(31-16(5)26)24(29)14(3)22(28)32-19(24)11-12/h9-11,13-14,17-21,27,29H,7-8H2,1-6H3. The number of hydrogen-bond acceptors (Lipinski definition) is 8.